The van der Waals surface area contributed by atoms with Gasteiger partial charge in [0.15, 0.2) is 23.0 Å². The van der Waals surface area contributed by atoms with Crippen LogP contribution >= 0.6 is 45.2 Å². The van der Waals surface area contributed by atoms with E-state index in [0.717, 1.165) is 30.1 Å². The second-order valence-corrected chi connectivity index (χ2v) is 5.66. The van der Waals surface area contributed by atoms with Gasteiger partial charge in [-0.3, -0.25) is 0 Å². The molecule has 0 saturated heterocycles. The highest BCUT2D eigenvalue weighted by atomic mass is 127. The number of hydrogen-bond donors (Lipinski definition) is 0. The smallest absolute Gasteiger partial charge is 0.183 e. The number of hydrogen-bond acceptors (Lipinski definition) is 2. The van der Waals surface area contributed by atoms with Gasteiger partial charge >= 0.3 is 0 Å². The second kappa shape index (κ2) is 4.06. The molecule has 1 heterocycles. The van der Waals surface area contributed by atoms with Gasteiger partial charge in [0.1, 0.15) is 0 Å². The summed E-state index contributed by atoms with van der Waals surface area (Å²) >= 11 is 4.49. The average Bonchev–Trinajstić information content (AvgIpc) is 2.29. The van der Waals surface area contributed by atoms with Crippen molar-refractivity contribution in [3.05, 3.63) is 43.5 Å². The van der Waals surface area contributed by atoms with Gasteiger partial charge in [0, 0.05) is 0 Å². The predicted octanol–water partition coefficient (Wildman–Crippen LogP) is 4.79. The minimum absolute atomic E-state index is 0.781. The Labute approximate surface area is 120 Å². The van der Waals surface area contributed by atoms with E-state index >= 15 is 0 Å². The normalized spacial score (nSPS) is 12.1. The molecule has 0 fully saturated rings. The highest BCUT2D eigenvalue weighted by Gasteiger charge is 2.22. The fourth-order valence-corrected chi connectivity index (χ4v) is 2.72. The van der Waals surface area contributed by atoms with Crippen LogP contribution in [0.2, 0.25) is 0 Å². The fraction of sp³-hybridized carbons (Fsp3) is 0. The molecule has 0 amide bonds. The van der Waals surface area contributed by atoms with Gasteiger partial charge in [-0.15, -0.1) is 0 Å². The van der Waals surface area contributed by atoms with E-state index in [1.807, 2.05) is 36.4 Å². The van der Waals surface area contributed by atoms with Crippen molar-refractivity contribution in [1.82, 2.24) is 0 Å². The van der Waals surface area contributed by atoms with Crippen LogP contribution in [0.3, 0.4) is 0 Å². The molecule has 2 aromatic rings. The third-order valence-electron chi connectivity index (χ3n) is 2.29. The molecule has 0 bridgehead atoms. The summed E-state index contributed by atoms with van der Waals surface area (Å²) in [7, 11) is 0. The van der Waals surface area contributed by atoms with Gasteiger partial charge in [-0.25, -0.2) is 0 Å². The standard InChI is InChI=1S/C12H6I2O2/c13-7-3-1-5-9-11(7)16-10-6-2-4-8(14)12(10)15-9/h1-6H. The molecule has 0 N–H and O–H groups in total. The van der Waals surface area contributed by atoms with Gasteiger partial charge in [-0.2, -0.15) is 0 Å². The van der Waals surface area contributed by atoms with Crippen molar-refractivity contribution in [1.29, 1.82) is 0 Å². The molecule has 0 aromatic heterocycles. The Bertz CT molecular complexity index is 515. The van der Waals surface area contributed by atoms with Gasteiger partial charge < -0.3 is 9.47 Å². The summed E-state index contributed by atoms with van der Waals surface area (Å²) in [6.07, 6.45) is 0. The summed E-state index contributed by atoms with van der Waals surface area (Å²) in [6.45, 7) is 0. The number of rotatable bonds is 0. The van der Waals surface area contributed by atoms with Gasteiger partial charge in [-0.05, 0) is 69.4 Å². The second-order valence-electron chi connectivity index (χ2n) is 3.34. The quantitative estimate of drug-likeness (QED) is 0.472. The zero-order valence-corrected chi connectivity index (χ0v) is 12.4. The largest absolute Gasteiger partial charge is 0.448 e. The van der Waals surface area contributed by atoms with Gasteiger partial charge in [-0.1, -0.05) is 12.1 Å². The number of ether oxygens (including phenoxy) is 2. The lowest BCUT2D eigenvalue weighted by Gasteiger charge is -2.22. The van der Waals surface area contributed by atoms with E-state index in [9.17, 15) is 0 Å². The molecule has 0 aliphatic carbocycles. The maximum atomic E-state index is 5.85. The zero-order valence-electron chi connectivity index (χ0n) is 8.04. The van der Waals surface area contributed by atoms with Crippen LogP contribution in [-0.4, -0.2) is 0 Å². The third kappa shape index (κ3) is 1.67. The first kappa shape index (κ1) is 10.6. The first-order chi connectivity index (χ1) is 7.75. The van der Waals surface area contributed by atoms with Crippen LogP contribution in [0.5, 0.6) is 23.0 Å². The number of fused-ring (bicyclic) bond motifs is 2. The van der Waals surface area contributed by atoms with Crippen LogP contribution < -0.4 is 9.47 Å². The van der Waals surface area contributed by atoms with Crippen molar-refractivity contribution >= 4 is 45.2 Å². The molecule has 4 heteroatoms. The van der Waals surface area contributed by atoms with E-state index in [4.69, 9.17) is 9.47 Å². The first-order valence-corrected chi connectivity index (χ1v) is 6.84. The van der Waals surface area contributed by atoms with Crippen LogP contribution in [-0.2, 0) is 0 Å². The molecular weight excluding hydrogens is 430 g/mol. The van der Waals surface area contributed by atoms with Crippen LogP contribution in [0.1, 0.15) is 0 Å². The minimum atomic E-state index is 0.781. The lowest BCUT2D eigenvalue weighted by molar-refractivity contribution is 0.355. The topological polar surface area (TPSA) is 18.5 Å². The molecule has 3 rings (SSSR count). The molecule has 16 heavy (non-hydrogen) atoms. The summed E-state index contributed by atoms with van der Waals surface area (Å²) < 4.78 is 13.8. The molecule has 0 radical (unpaired) electrons. The SMILES string of the molecule is Ic1cccc2c1Oc1cccc(I)c1O2. The van der Waals surface area contributed by atoms with Crippen molar-refractivity contribution in [3.8, 4) is 23.0 Å². The highest BCUT2D eigenvalue weighted by Crippen LogP contribution is 2.48. The van der Waals surface area contributed by atoms with E-state index in [-0.39, 0.29) is 0 Å². The van der Waals surface area contributed by atoms with Crippen LogP contribution in [0.4, 0.5) is 0 Å². The lowest BCUT2D eigenvalue weighted by atomic mass is 10.2. The Balaban J connectivity index is 2.17. The third-order valence-corrected chi connectivity index (χ3v) is 3.98. The zero-order chi connectivity index (χ0) is 11.1. The number of benzene rings is 2. The van der Waals surface area contributed by atoms with Gasteiger partial charge in [0.2, 0.25) is 0 Å². The summed E-state index contributed by atoms with van der Waals surface area (Å²) in [5, 5.41) is 0. The molecule has 2 nitrogen and oxygen atoms in total. The van der Waals surface area contributed by atoms with Crippen LogP contribution in [0, 0.1) is 7.14 Å². The summed E-state index contributed by atoms with van der Waals surface area (Å²) in [5.74, 6) is 3.17. The monoisotopic (exact) mass is 436 g/mol. The van der Waals surface area contributed by atoms with Crippen molar-refractivity contribution < 1.29 is 9.47 Å². The minimum Gasteiger partial charge on any atom is -0.448 e. The van der Waals surface area contributed by atoms with E-state index < -0.39 is 0 Å². The maximum absolute atomic E-state index is 5.85. The number of halogens is 2. The summed E-state index contributed by atoms with van der Waals surface area (Å²) in [4.78, 5) is 0. The molecule has 0 spiro atoms. The van der Waals surface area contributed by atoms with Crippen molar-refractivity contribution in [2.75, 3.05) is 0 Å². The van der Waals surface area contributed by atoms with Crippen LogP contribution in [0.25, 0.3) is 0 Å². The maximum Gasteiger partial charge on any atom is 0.183 e. The van der Waals surface area contributed by atoms with E-state index in [1.165, 1.54) is 0 Å². The predicted molar refractivity (Wildman–Crippen MR) is 78.5 cm³/mol. The van der Waals surface area contributed by atoms with Crippen molar-refractivity contribution in [3.63, 3.8) is 0 Å². The van der Waals surface area contributed by atoms with E-state index in [0.29, 0.717) is 0 Å². The molecule has 0 unspecified atom stereocenters. The highest BCUT2D eigenvalue weighted by molar-refractivity contribution is 14.1. The fourth-order valence-electron chi connectivity index (χ4n) is 1.56. The Hall–Kier alpha value is -0.500. The lowest BCUT2D eigenvalue weighted by Crippen LogP contribution is -2.01. The van der Waals surface area contributed by atoms with Gasteiger partial charge in [0.25, 0.3) is 0 Å². The molecule has 0 atom stereocenters. The molecule has 2 aromatic carbocycles. The van der Waals surface area contributed by atoms with Gasteiger partial charge in [0.05, 0.1) is 7.14 Å². The first-order valence-electron chi connectivity index (χ1n) is 4.68. The van der Waals surface area contributed by atoms with E-state index in [1.54, 1.807) is 0 Å². The van der Waals surface area contributed by atoms with E-state index in [2.05, 4.69) is 45.2 Å². The summed E-state index contributed by atoms with van der Waals surface area (Å²) in [5.41, 5.74) is 0. The summed E-state index contributed by atoms with van der Waals surface area (Å²) in [6, 6.07) is 11.8. The molecule has 1 aliphatic heterocycles. The van der Waals surface area contributed by atoms with Crippen molar-refractivity contribution in [2.24, 2.45) is 0 Å². The van der Waals surface area contributed by atoms with Crippen molar-refractivity contribution in [2.45, 2.75) is 0 Å². The molecule has 0 saturated carbocycles. The Morgan fingerprint density at radius 1 is 0.688 bits per heavy atom. The Kier molecular flexibility index (Phi) is 2.70. The number of para-hydroxylation sites is 2. The Morgan fingerprint density at radius 3 is 1.56 bits per heavy atom. The average molecular weight is 436 g/mol. The molecule has 1 aliphatic rings. The van der Waals surface area contributed by atoms with Crippen LogP contribution in [0.15, 0.2) is 36.4 Å². The molecule has 80 valence electrons. The Morgan fingerprint density at radius 2 is 1.12 bits per heavy atom. The molecular formula is C12H6I2O2.